The fourth-order valence-corrected chi connectivity index (χ4v) is 2.96. The quantitative estimate of drug-likeness (QED) is 0.677. The molecule has 1 aliphatic heterocycles. The van der Waals surface area contributed by atoms with E-state index in [9.17, 15) is 4.79 Å². The van der Waals surface area contributed by atoms with Gasteiger partial charge in [-0.1, -0.05) is 31.9 Å². The zero-order valence-corrected chi connectivity index (χ0v) is 12.9. The fourth-order valence-electron chi connectivity index (χ4n) is 2.96. The van der Waals surface area contributed by atoms with E-state index >= 15 is 0 Å². The van der Waals surface area contributed by atoms with E-state index in [0.29, 0.717) is 0 Å². The van der Waals surface area contributed by atoms with Crippen molar-refractivity contribution in [2.45, 2.75) is 39.0 Å². The van der Waals surface area contributed by atoms with Crippen molar-refractivity contribution in [2.24, 2.45) is 5.92 Å². The lowest BCUT2D eigenvalue weighted by Crippen LogP contribution is -2.30. The Balaban J connectivity index is 1.89. The molecule has 1 aliphatic rings. The van der Waals surface area contributed by atoms with Crippen molar-refractivity contribution < 1.29 is 4.79 Å². The third kappa shape index (κ3) is 4.92. The molecule has 1 aromatic rings. The smallest absolute Gasteiger partial charge is 0.246 e. The molecule has 3 heteroatoms. The summed E-state index contributed by atoms with van der Waals surface area (Å²) >= 11 is 0. The second-order valence-electron chi connectivity index (χ2n) is 5.91. The first-order chi connectivity index (χ1) is 10.2. The first-order valence-electron chi connectivity index (χ1n) is 8.01. The summed E-state index contributed by atoms with van der Waals surface area (Å²) in [7, 11) is 0. The fraction of sp³-hybridized carbons (Fsp3) is 0.500. The number of hydrogen-bond donors (Lipinski definition) is 1. The Morgan fingerprint density at radius 2 is 2.05 bits per heavy atom. The SMILES string of the molecule is CCCC1CCCN(C(=O)/C=C/c2ccc(N)cc2)CC1. The number of carbonyl (C=O) groups excluding carboxylic acids is 1. The minimum Gasteiger partial charge on any atom is -0.399 e. The highest BCUT2D eigenvalue weighted by atomic mass is 16.2. The molecule has 21 heavy (non-hydrogen) atoms. The van der Waals surface area contributed by atoms with Crippen LogP contribution in [0.4, 0.5) is 5.69 Å². The molecule has 1 fully saturated rings. The molecule has 0 spiro atoms. The number of anilines is 1. The maximum absolute atomic E-state index is 12.3. The zero-order chi connectivity index (χ0) is 15.1. The highest BCUT2D eigenvalue weighted by Crippen LogP contribution is 2.22. The summed E-state index contributed by atoms with van der Waals surface area (Å²) in [6, 6.07) is 7.56. The van der Waals surface area contributed by atoms with Gasteiger partial charge in [0.05, 0.1) is 0 Å². The number of nitrogens with zero attached hydrogens (tertiary/aromatic N) is 1. The molecule has 1 amide bonds. The minimum atomic E-state index is 0.129. The summed E-state index contributed by atoms with van der Waals surface area (Å²) in [4.78, 5) is 14.3. The van der Waals surface area contributed by atoms with Gasteiger partial charge in [-0.2, -0.15) is 0 Å². The van der Waals surface area contributed by atoms with Crippen LogP contribution in [0.3, 0.4) is 0 Å². The number of likely N-dealkylation sites (tertiary alicyclic amines) is 1. The van der Waals surface area contributed by atoms with Crippen LogP contribution in [0.2, 0.25) is 0 Å². The molecule has 1 aromatic carbocycles. The van der Waals surface area contributed by atoms with Gasteiger partial charge in [-0.15, -0.1) is 0 Å². The lowest BCUT2D eigenvalue weighted by Gasteiger charge is -2.18. The number of nitrogen functional groups attached to an aromatic ring is 1. The van der Waals surface area contributed by atoms with Crippen molar-refractivity contribution in [1.82, 2.24) is 4.90 Å². The van der Waals surface area contributed by atoms with Crippen molar-refractivity contribution in [2.75, 3.05) is 18.8 Å². The lowest BCUT2D eigenvalue weighted by atomic mass is 9.96. The monoisotopic (exact) mass is 286 g/mol. The number of amides is 1. The summed E-state index contributed by atoms with van der Waals surface area (Å²) < 4.78 is 0. The molecule has 0 aliphatic carbocycles. The minimum absolute atomic E-state index is 0.129. The predicted octanol–water partition coefficient (Wildman–Crippen LogP) is 3.71. The second kappa shape index (κ2) is 7.87. The Kier molecular flexibility index (Phi) is 5.85. The van der Waals surface area contributed by atoms with Gasteiger partial charge in [0.15, 0.2) is 0 Å². The van der Waals surface area contributed by atoms with Crippen molar-refractivity contribution in [1.29, 1.82) is 0 Å². The third-order valence-electron chi connectivity index (χ3n) is 4.21. The first-order valence-corrected chi connectivity index (χ1v) is 8.01. The van der Waals surface area contributed by atoms with E-state index in [0.717, 1.165) is 43.1 Å². The van der Waals surface area contributed by atoms with E-state index in [4.69, 9.17) is 5.73 Å². The Labute approximate surface area is 127 Å². The molecule has 2 N–H and O–H groups in total. The number of nitrogens with two attached hydrogens (primary N) is 1. The van der Waals surface area contributed by atoms with E-state index in [1.807, 2.05) is 35.2 Å². The second-order valence-corrected chi connectivity index (χ2v) is 5.91. The van der Waals surface area contributed by atoms with Gasteiger partial charge in [0.1, 0.15) is 0 Å². The molecular formula is C18H26N2O. The molecule has 1 atom stereocenters. The zero-order valence-electron chi connectivity index (χ0n) is 12.9. The molecule has 114 valence electrons. The van der Waals surface area contributed by atoms with Gasteiger partial charge >= 0.3 is 0 Å². The van der Waals surface area contributed by atoms with Crippen molar-refractivity contribution in [3.63, 3.8) is 0 Å². The Hall–Kier alpha value is -1.77. The van der Waals surface area contributed by atoms with Gasteiger partial charge < -0.3 is 10.6 Å². The Morgan fingerprint density at radius 3 is 2.76 bits per heavy atom. The number of benzene rings is 1. The standard InChI is InChI=1S/C18H26N2O/c1-2-4-15-5-3-13-20(14-12-15)18(21)11-8-16-6-9-17(19)10-7-16/h6-11,15H,2-5,12-14,19H2,1H3/b11-8+. The normalized spacial score (nSPS) is 19.7. The molecule has 1 heterocycles. The van der Waals surface area contributed by atoms with E-state index in [-0.39, 0.29) is 5.91 Å². The van der Waals surface area contributed by atoms with E-state index in [1.54, 1.807) is 6.08 Å². The Bertz CT molecular complexity index is 478. The van der Waals surface area contributed by atoms with Gasteiger partial charge in [-0.3, -0.25) is 4.79 Å². The maximum Gasteiger partial charge on any atom is 0.246 e. The number of hydrogen-bond acceptors (Lipinski definition) is 2. The van der Waals surface area contributed by atoms with Crippen LogP contribution in [0.15, 0.2) is 30.3 Å². The summed E-state index contributed by atoms with van der Waals surface area (Å²) in [5, 5.41) is 0. The van der Waals surface area contributed by atoms with Gasteiger partial charge in [0.2, 0.25) is 5.91 Å². The first kappa shape index (κ1) is 15.6. The van der Waals surface area contributed by atoms with E-state index < -0.39 is 0 Å². The molecule has 0 aromatic heterocycles. The molecule has 2 rings (SSSR count). The van der Waals surface area contributed by atoms with Crippen LogP contribution >= 0.6 is 0 Å². The summed E-state index contributed by atoms with van der Waals surface area (Å²) in [5.74, 6) is 0.929. The number of rotatable bonds is 4. The van der Waals surface area contributed by atoms with Crippen molar-refractivity contribution in [3.8, 4) is 0 Å². The average molecular weight is 286 g/mol. The van der Waals surface area contributed by atoms with Crippen LogP contribution in [0, 0.1) is 5.92 Å². The molecule has 0 bridgehead atoms. The predicted molar refractivity (Wildman–Crippen MR) is 88.7 cm³/mol. The van der Waals surface area contributed by atoms with Crippen molar-refractivity contribution >= 4 is 17.7 Å². The van der Waals surface area contributed by atoms with Gasteiger partial charge in [-0.25, -0.2) is 0 Å². The van der Waals surface area contributed by atoms with Crippen LogP contribution in [-0.2, 0) is 4.79 Å². The molecule has 1 unspecified atom stereocenters. The van der Waals surface area contributed by atoms with Crippen LogP contribution in [-0.4, -0.2) is 23.9 Å². The van der Waals surface area contributed by atoms with Gasteiger partial charge in [0.25, 0.3) is 0 Å². The van der Waals surface area contributed by atoms with Gasteiger partial charge in [-0.05, 0) is 49.0 Å². The summed E-state index contributed by atoms with van der Waals surface area (Å²) in [6.07, 6.45) is 9.64. The molecular weight excluding hydrogens is 260 g/mol. The highest BCUT2D eigenvalue weighted by Gasteiger charge is 2.18. The summed E-state index contributed by atoms with van der Waals surface area (Å²) in [5.41, 5.74) is 7.41. The van der Waals surface area contributed by atoms with Crippen molar-refractivity contribution in [3.05, 3.63) is 35.9 Å². The van der Waals surface area contributed by atoms with Crippen LogP contribution in [0.5, 0.6) is 0 Å². The summed E-state index contributed by atoms with van der Waals surface area (Å²) in [6.45, 7) is 4.03. The molecule has 1 saturated heterocycles. The maximum atomic E-state index is 12.3. The molecule has 0 radical (unpaired) electrons. The van der Waals surface area contributed by atoms with Crippen LogP contribution in [0.1, 0.15) is 44.6 Å². The van der Waals surface area contributed by atoms with E-state index in [1.165, 1.54) is 19.3 Å². The van der Waals surface area contributed by atoms with Crippen LogP contribution in [0.25, 0.3) is 6.08 Å². The molecule has 3 nitrogen and oxygen atoms in total. The largest absolute Gasteiger partial charge is 0.399 e. The average Bonchev–Trinajstić information content (AvgIpc) is 2.72. The number of carbonyl (C=O) groups is 1. The van der Waals surface area contributed by atoms with E-state index in [2.05, 4.69) is 6.92 Å². The van der Waals surface area contributed by atoms with Crippen LogP contribution < -0.4 is 5.73 Å². The highest BCUT2D eigenvalue weighted by molar-refractivity contribution is 5.91. The topological polar surface area (TPSA) is 46.3 Å². The lowest BCUT2D eigenvalue weighted by molar-refractivity contribution is -0.125. The third-order valence-corrected chi connectivity index (χ3v) is 4.21. The van der Waals surface area contributed by atoms with Gasteiger partial charge in [0, 0.05) is 24.9 Å². The Morgan fingerprint density at radius 1 is 1.29 bits per heavy atom. The molecule has 0 saturated carbocycles.